The van der Waals surface area contributed by atoms with Gasteiger partial charge >= 0.3 is 11.9 Å². The molecular formula is C32H31BrN4O8S. The summed E-state index contributed by atoms with van der Waals surface area (Å²) in [5, 5.41) is 19.5. The Morgan fingerprint density at radius 2 is 1.83 bits per heavy atom. The van der Waals surface area contributed by atoms with E-state index in [-0.39, 0.29) is 25.4 Å². The number of thiocarbonyl (C=S) groups is 1. The number of allylic oxidation sites excluding steroid dienone is 1. The van der Waals surface area contributed by atoms with Gasteiger partial charge in [0.15, 0.2) is 23.2 Å². The van der Waals surface area contributed by atoms with Crippen LogP contribution in [0.5, 0.6) is 17.2 Å². The van der Waals surface area contributed by atoms with Crippen LogP contribution in [0.2, 0.25) is 0 Å². The van der Waals surface area contributed by atoms with Gasteiger partial charge in [-0.1, -0.05) is 30.3 Å². The number of nitrogens with one attached hydrogen (secondary N) is 3. The number of methoxy groups -OCH3 is 1. The number of para-hydroxylation sites is 1. The first-order valence-electron chi connectivity index (χ1n) is 13.9. The highest BCUT2D eigenvalue weighted by molar-refractivity contribution is 9.10. The fourth-order valence-electron chi connectivity index (χ4n) is 4.46. The molecule has 0 radical (unpaired) electrons. The Morgan fingerprint density at radius 3 is 2.52 bits per heavy atom. The minimum Gasteiger partial charge on any atom is -0.493 e. The largest absolute Gasteiger partial charge is 0.493 e. The summed E-state index contributed by atoms with van der Waals surface area (Å²) in [6.45, 7) is 3.50. The topological polar surface area (TPSA) is 157 Å². The van der Waals surface area contributed by atoms with Crippen molar-refractivity contribution in [3.63, 3.8) is 0 Å². The molecule has 0 spiro atoms. The summed E-state index contributed by atoms with van der Waals surface area (Å²) in [7, 11) is 1.49. The molecule has 14 heteroatoms. The molecule has 240 valence electrons. The van der Waals surface area contributed by atoms with Crippen LogP contribution in [0, 0.1) is 0 Å². The molecule has 0 fully saturated rings. The number of amides is 1. The van der Waals surface area contributed by atoms with Crippen molar-refractivity contribution in [2.75, 3.05) is 20.3 Å². The number of hydrogen-bond donors (Lipinski definition) is 4. The van der Waals surface area contributed by atoms with E-state index in [1.54, 1.807) is 62.4 Å². The predicted molar refractivity (Wildman–Crippen MR) is 177 cm³/mol. The number of carboxylic acids is 1. The van der Waals surface area contributed by atoms with Crippen LogP contribution in [0.4, 0.5) is 0 Å². The van der Waals surface area contributed by atoms with Gasteiger partial charge in [0.05, 0.1) is 41.6 Å². The second-order valence-corrected chi connectivity index (χ2v) is 11.0. The van der Waals surface area contributed by atoms with Crippen molar-refractivity contribution in [2.24, 2.45) is 5.10 Å². The van der Waals surface area contributed by atoms with E-state index in [0.717, 1.165) is 5.56 Å². The number of halogens is 1. The zero-order valence-electron chi connectivity index (χ0n) is 25.1. The van der Waals surface area contributed by atoms with Gasteiger partial charge in [-0.3, -0.25) is 4.79 Å². The molecule has 0 aliphatic carbocycles. The maximum Gasteiger partial charge on any atom is 0.338 e. The average molecular weight is 712 g/mol. The van der Waals surface area contributed by atoms with Gasteiger partial charge in [-0.05, 0) is 83.5 Å². The highest BCUT2D eigenvalue weighted by Crippen LogP contribution is 2.37. The van der Waals surface area contributed by atoms with Crippen molar-refractivity contribution in [1.82, 2.24) is 16.1 Å². The summed E-state index contributed by atoms with van der Waals surface area (Å²) in [6, 6.07) is 16.1. The van der Waals surface area contributed by atoms with Crippen LogP contribution in [-0.2, 0) is 20.9 Å². The van der Waals surface area contributed by atoms with Gasteiger partial charge in [-0.25, -0.2) is 15.0 Å². The SMILES string of the molecule is CCOC(=O)C1=C(C)NC(=S)N[C@@H]1c1ccccc1OCC(=O)NN=Cc1cc(Br)c(OCc2ccc(C(=O)O)cc2)c(OC)c1. The Kier molecular flexibility index (Phi) is 11.7. The maximum absolute atomic E-state index is 12.8. The van der Waals surface area contributed by atoms with Gasteiger partial charge in [0.1, 0.15) is 12.4 Å². The Balaban J connectivity index is 1.38. The molecule has 46 heavy (non-hydrogen) atoms. The second kappa shape index (κ2) is 15.9. The standard InChI is InChI=1S/C32H31BrN4O8S/c1-4-43-31(41)27-18(2)35-32(46)36-28(27)22-7-5-6-8-24(22)44-17-26(38)37-34-15-20-13-23(33)29(25(14-20)42-3)45-16-19-9-11-21(12-10-19)30(39)40/h5-15,28H,4,16-17H2,1-3H3,(H,37,38)(H,39,40)(H2,35,36,46)/t28-/m1/s1. The van der Waals surface area contributed by atoms with Crippen LogP contribution < -0.4 is 30.3 Å². The molecule has 3 aromatic rings. The van der Waals surface area contributed by atoms with E-state index < -0.39 is 23.9 Å². The first-order valence-corrected chi connectivity index (χ1v) is 15.1. The van der Waals surface area contributed by atoms with Gasteiger partial charge in [0.25, 0.3) is 5.91 Å². The number of hydrogen-bond acceptors (Lipinski definition) is 9. The zero-order chi connectivity index (χ0) is 33.2. The van der Waals surface area contributed by atoms with Gasteiger partial charge in [0, 0.05) is 11.3 Å². The number of rotatable bonds is 13. The Morgan fingerprint density at radius 1 is 1.09 bits per heavy atom. The van der Waals surface area contributed by atoms with Crippen molar-refractivity contribution in [3.05, 3.63) is 98.7 Å². The smallest absolute Gasteiger partial charge is 0.338 e. The quantitative estimate of drug-likeness (QED) is 0.0850. The van der Waals surface area contributed by atoms with Gasteiger partial charge < -0.3 is 34.7 Å². The fraction of sp³-hybridized carbons (Fsp3) is 0.219. The third-order valence-electron chi connectivity index (χ3n) is 6.59. The van der Waals surface area contributed by atoms with Gasteiger partial charge in [-0.2, -0.15) is 5.10 Å². The minimum atomic E-state index is -1.00. The van der Waals surface area contributed by atoms with E-state index in [0.29, 0.717) is 49.2 Å². The molecule has 1 aliphatic heterocycles. The van der Waals surface area contributed by atoms with Crippen LogP contribution in [0.25, 0.3) is 0 Å². The highest BCUT2D eigenvalue weighted by Gasteiger charge is 2.32. The number of benzene rings is 3. The van der Waals surface area contributed by atoms with Crippen molar-refractivity contribution in [1.29, 1.82) is 0 Å². The molecule has 1 atom stereocenters. The summed E-state index contributed by atoms with van der Waals surface area (Å²) in [5.41, 5.74) is 5.52. The fourth-order valence-corrected chi connectivity index (χ4v) is 5.31. The number of carbonyl (C=O) groups excluding carboxylic acids is 2. The maximum atomic E-state index is 12.8. The molecule has 0 bridgehead atoms. The van der Waals surface area contributed by atoms with Crippen molar-refractivity contribution < 1.29 is 38.4 Å². The highest BCUT2D eigenvalue weighted by atomic mass is 79.9. The zero-order valence-corrected chi connectivity index (χ0v) is 27.5. The molecule has 4 N–H and O–H groups in total. The molecule has 3 aromatic carbocycles. The molecule has 12 nitrogen and oxygen atoms in total. The lowest BCUT2D eigenvalue weighted by molar-refractivity contribution is -0.139. The lowest BCUT2D eigenvalue weighted by Gasteiger charge is -2.30. The molecule has 0 aromatic heterocycles. The second-order valence-electron chi connectivity index (χ2n) is 9.74. The van der Waals surface area contributed by atoms with E-state index >= 15 is 0 Å². The summed E-state index contributed by atoms with van der Waals surface area (Å²) in [4.78, 5) is 36.4. The lowest BCUT2D eigenvalue weighted by atomic mass is 9.95. The van der Waals surface area contributed by atoms with Gasteiger partial charge in [-0.15, -0.1) is 0 Å². The van der Waals surface area contributed by atoms with Crippen molar-refractivity contribution >= 4 is 57.3 Å². The summed E-state index contributed by atoms with van der Waals surface area (Å²) >= 11 is 8.80. The Labute approximate surface area is 278 Å². The molecule has 4 rings (SSSR count). The van der Waals surface area contributed by atoms with E-state index in [1.807, 2.05) is 0 Å². The number of esters is 1. The normalized spacial score (nSPS) is 14.3. The number of carbonyl (C=O) groups is 3. The molecular weight excluding hydrogens is 680 g/mol. The van der Waals surface area contributed by atoms with Crippen LogP contribution in [0.3, 0.4) is 0 Å². The van der Waals surface area contributed by atoms with Crippen molar-refractivity contribution in [3.8, 4) is 17.2 Å². The van der Waals surface area contributed by atoms with Crippen LogP contribution in [-0.4, -0.2) is 54.6 Å². The van der Waals surface area contributed by atoms with Crippen LogP contribution >= 0.6 is 28.1 Å². The predicted octanol–water partition coefficient (Wildman–Crippen LogP) is 4.62. The molecule has 0 unspecified atom stereocenters. The van der Waals surface area contributed by atoms with E-state index in [2.05, 4.69) is 37.1 Å². The van der Waals surface area contributed by atoms with Gasteiger partial charge in [0.2, 0.25) is 0 Å². The van der Waals surface area contributed by atoms with E-state index in [1.165, 1.54) is 25.5 Å². The van der Waals surface area contributed by atoms with Crippen molar-refractivity contribution in [2.45, 2.75) is 26.5 Å². The molecule has 1 amide bonds. The molecule has 0 saturated heterocycles. The first-order chi connectivity index (χ1) is 22.1. The monoisotopic (exact) mass is 710 g/mol. The van der Waals surface area contributed by atoms with Crippen LogP contribution in [0.15, 0.2) is 81.5 Å². The number of hydrazone groups is 1. The number of ether oxygens (including phenoxy) is 4. The average Bonchev–Trinajstić information content (AvgIpc) is 3.03. The van der Waals surface area contributed by atoms with Crippen LogP contribution in [0.1, 0.15) is 46.9 Å². The summed E-state index contributed by atoms with van der Waals surface area (Å²) < 4.78 is 23.1. The molecule has 0 saturated carbocycles. The summed E-state index contributed by atoms with van der Waals surface area (Å²) in [5.74, 6) is -0.778. The summed E-state index contributed by atoms with van der Waals surface area (Å²) in [6.07, 6.45) is 1.44. The minimum absolute atomic E-state index is 0.182. The Bertz CT molecular complexity index is 1690. The molecule has 1 heterocycles. The third kappa shape index (κ3) is 8.61. The third-order valence-corrected chi connectivity index (χ3v) is 7.40. The number of nitrogens with zero attached hydrogens (tertiary/aromatic N) is 1. The van der Waals surface area contributed by atoms with E-state index in [4.69, 9.17) is 36.3 Å². The molecule has 1 aliphatic rings. The first kappa shape index (κ1) is 33.9. The lowest BCUT2D eigenvalue weighted by Crippen LogP contribution is -2.45. The van der Waals surface area contributed by atoms with E-state index in [9.17, 15) is 14.4 Å². The number of aromatic carboxylic acids is 1. The number of carboxylic acid groups (broad SMARTS) is 1. The Hall–Kier alpha value is -4.95.